The monoisotopic (exact) mass is 393 g/mol. The van der Waals surface area contributed by atoms with Gasteiger partial charge in [-0.3, -0.25) is 9.59 Å². The summed E-state index contributed by atoms with van der Waals surface area (Å²) in [7, 11) is 1.62. The molecule has 152 valence electrons. The smallest absolute Gasteiger partial charge is 0.243 e. The lowest BCUT2D eigenvalue weighted by atomic mass is 10.0. The Hall–Kier alpha value is -3.15. The number of nitrogens with one attached hydrogen (secondary N) is 1. The largest absolute Gasteiger partial charge is 0.497 e. The van der Waals surface area contributed by atoms with Crippen molar-refractivity contribution in [3.05, 3.63) is 65.2 Å². The van der Waals surface area contributed by atoms with Gasteiger partial charge in [0.2, 0.25) is 11.8 Å². The van der Waals surface area contributed by atoms with Crippen molar-refractivity contribution in [3.63, 3.8) is 0 Å². The van der Waals surface area contributed by atoms with E-state index in [9.17, 15) is 9.59 Å². The number of aryl methyl sites for hydroxylation is 1. The molecule has 0 aliphatic carbocycles. The predicted molar refractivity (Wildman–Crippen MR) is 113 cm³/mol. The van der Waals surface area contributed by atoms with Gasteiger partial charge in [-0.1, -0.05) is 43.3 Å². The first-order valence-electron chi connectivity index (χ1n) is 9.96. The fraction of sp³-hybridized carbons (Fsp3) is 0.348. The van der Waals surface area contributed by atoms with Gasteiger partial charge in [-0.05, 0) is 35.2 Å². The first-order chi connectivity index (χ1) is 14.1. The number of hydrazone groups is 1. The zero-order valence-corrected chi connectivity index (χ0v) is 17.0. The van der Waals surface area contributed by atoms with E-state index in [-0.39, 0.29) is 24.8 Å². The Morgan fingerprint density at radius 2 is 1.76 bits per heavy atom. The number of nitrogens with zero attached hydrogens (tertiary/aromatic N) is 2. The second kappa shape index (κ2) is 9.87. The molecule has 0 atom stereocenters. The molecule has 3 rings (SSSR count). The molecule has 6 nitrogen and oxygen atoms in total. The van der Waals surface area contributed by atoms with Crippen molar-refractivity contribution in [1.29, 1.82) is 0 Å². The highest BCUT2D eigenvalue weighted by molar-refractivity contribution is 6.04. The van der Waals surface area contributed by atoms with Crippen molar-refractivity contribution in [3.8, 4) is 5.75 Å². The number of amides is 2. The average molecular weight is 393 g/mol. The van der Waals surface area contributed by atoms with E-state index in [0.717, 1.165) is 29.0 Å². The summed E-state index contributed by atoms with van der Waals surface area (Å²) in [6, 6.07) is 15.8. The first-order valence-corrected chi connectivity index (χ1v) is 9.96. The Balaban J connectivity index is 1.53. The molecule has 2 amide bonds. The Bertz CT molecular complexity index is 873. The molecule has 1 heterocycles. The van der Waals surface area contributed by atoms with Gasteiger partial charge in [-0.25, -0.2) is 5.01 Å². The summed E-state index contributed by atoms with van der Waals surface area (Å²) in [5.41, 5.74) is 4.19. The number of hydrogen-bond acceptors (Lipinski definition) is 4. The quantitative estimate of drug-likeness (QED) is 0.748. The normalized spacial score (nSPS) is 13.8. The van der Waals surface area contributed by atoms with Crippen LogP contribution in [-0.4, -0.2) is 36.2 Å². The third-order valence-corrected chi connectivity index (χ3v) is 5.00. The lowest BCUT2D eigenvalue weighted by Crippen LogP contribution is -2.35. The fourth-order valence-corrected chi connectivity index (χ4v) is 3.16. The van der Waals surface area contributed by atoms with Gasteiger partial charge in [0.25, 0.3) is 0 Å². The van der Waals surface area contributed by atoms with Crippen LogP contribution < -0.4 is 10.1 Å². The third kappa shape index (κ3) is 5.67. The number of benzene rings is 2. The molecular weight excluding hydrogens is 366 g/mol. The minimum atomic E-state index is -0.108. The van der Waals surface area contributed by atoms with Crippen molar-refractivity contribution in [1.82, 2.24) is 10.3 Å². The van der Waals surface area contributed by atoms with E-state index < -0.39 is 0 Å². The van der Waals surface area contributed by atoms with E-state index in [2.05, 4.69) is 29.5 Å². The van der Waals surface area contributed by atoms with Crippen LogP contribution in [0.25, 0.3) is 0 Å². The maximum atomic E-state index is 12.2. The molecule has 1 aliphatic heterocycles. The van der Waals surface area contributed by atoms with Gasteiger partial charge in [0, 0.05) is 25.8 Å². The van der Waals surface area contributed by atoms with Gasteiger partial charge < -0.3 is 10.1 Å². The predicted octanol–water partition coefficient (Wildman–Crippen LogP) is 3.29. The average Bonchev–Trinajstić information content (AvgIpc) is 2.77. The number of hydrogen-bond donors (Lipinski definition) is 1. The van der Waals surface area contributed by atoms with Crippen LogP contribution in [0.2, 0.25) is 0 Å². The Morgan fingerprint density at radius 1 is 1.07 bits per heavy atom. The van der Waals surface area contributed by atoms with E-state index in [1.54, 1.807) is 7.11 Å². The van der Waals surface area contributed by atoms with Crippen LogP contribution in [0.4, 0.5) is 0 Å². The topological polar surface area (TPSA) is 71.0 Å². The molecule has 2 aromatic carbocycles. The molecule has 0 spiro atoms. The molecule has 1 N–H and O–H groups in total. The molecule has 0 bridgehead atoms. The summed E-state index contributed by atoms with van der Waals surface area (Å²) in [6.45, 7) is 2.84. The maximum absolute atomic E-state index is 12.2. The molecule has 2 aromatic rings. The van der Waals surface area contributed by atoms with Crippen molar-refractivity contribution in [2.24, 2.45) is 5.10 Å². The Labute approximate surface area is 171 Å². The Kier molecular flexibility index (Phi) is 7.00. The van der Waals surface area contributed by atoms with Crippen LogP contribution in [0.5, 0.6) is 5.75 Å². The minimum Gasteiger partial charge on any atom is -0.497 e. The van der Waals surface area contributed by atoms with E-state index in [0.29, 0.717) is 19.4 Å². The molecule has 1 aliphatic rings. The first kappa shape index (κ1) is 20.6. The van der Waals surface area contributed by atoms with Gasteiger partial charge in [0.1, 0.15) is 5.75 Å². The minimum absolute atomic E-state index is 0.0399. The van der Waals surface area contributed by atoms with E-state index >= 15 is 0 Å². The summed E-state index contributed by atoms with van der Waals surface area (Å²) in [5, 5.41) is 8.81. The zero-order chi connectivity index (χ0) is 20.6. The van der Waals surface area contributed by atoms with Crippen LogP contribution >= 0.6 is 0 Å². The zero-order valence-electron chi connectivity index (χ0n) is 17.0. The highest BCUT2D eigenvalue weighted by atomic mass is 16.5. The summed E-state index contributed by atoms with van der Waals surface area (Å²) < 4.78 is 5.13. The molecule has 0 saturated heterocycles. The van der Waals surface area contributed by atoms with E-state index in [1.165, 1.54) is 10.6 Å². The molecular formula is C23H27N3O3. The van der Waals surface area contributed by atoms with Crippen molar-refractivity contribution in [2.75, 3.05) is 13.7 Å². The van der Waals surface area contributed by atoms with Crippen LogP contribution in [0.15, 0.2) is 53.6 Å². The van der Waals surface area contributed by atoms with Crippen LogP contribution in [-0.2, 0) is 22.6 Å². The van der Waals surface area contributed by atoms with Crippen molar-refractivity contribution >= 4 is 17.5 Å². The molecule has 0 aromatic heterocycles. The van der Waals surface area contributed by atoms with Crippen molar-refractivity contribution < 1.29 is 14.3 Å². The molecule has 0 fully saturated rings. The van der Waals surface area contributed by atoms with E-state index in [4.69, 9.17) is 4.74 Å². The summed E-state index contributed by atoms with van der Waals surface area (Å²) in [6.07, 6.45) is 2.25. The second-order valence-electron chi connectivity index (χ2n) is 6.99. The molecule has 6 heteroatoms. The summed E-state index contributed by atoms with van der Waals surface area (Å²) in [5.74, 6) is 0.631. The second-order valence-corrected chi connectivity index (χ2v) is 6.99. The molecule has 0 radical (unpaired) electrons. The van der Waals surface area contributed by atoms with Gasteiger partial charge in [-0.2, -0.15) is 5.10 Å². The van der Waals surface area contributed by atoms with Gasteiger partial charge in [0.15, 0.2) is 0 Å². The lowest BCUT2D eigenvalue weighted by Gasteiger charge is -2.23. The van der Waals surface area contributed by atoms with Crippen LogP contribution in [0, 0.1) is 0 Å². The third-order valence-electron chi connectivity index (χ3n) is 5.00. The fourth-order valence-electron chi connectivity index (χ4n) is 3.16. The lowest BCUT2D eigenvalue weighted by molar-refractivity contribution is -0.132. The number of methoxy groups -OCH3 is 1. The molecule has 29 heavy (non-hydrogen) atoms. The number of rotatable bonds is 8. The highest BCUT2D eigenvalue weighted by Crippen LogP contribution is 2.16. The highest BCUT2D eigenvalue weighted by Gasteiger charge is 2.21. The maximum Gasteiger partial charge on any atom is 0.243 e. The standard InChI is InChI=1S/C23H27N3O3/c1-3-17-4-8-19(9-5-17)21-12-13-23(28)26(25-21)15-14-22(27)24-16-18-6-10-20(29-2)11-7-18/h4-11H,3,12-16H2,1-2H3,(H,24,27). The van der Waals surface area contributed by atoms with Crippen molar-refractivity contribution in [2.45, 2.75) is 39.2 Å². The van der Waals surface area contributed by atoms with Gasteiger partial charge in [0.05, 0.1) is 19.4 Å². The summed E-state index contributed by atoms with van der Waals surface area (Å²) in [4.78, 5) is 24.4. The molecule has 0 unspecified atom stereocenters. The summed E-state index contributed by atoms with van der Waals surface area (Å²) >= 11 is 0. The molecule has 0 saturated carbocycles. The number of carbonyl (C=O) groups excluding carboxylic acids is 2. The SMILES string of the molecule is CCc1ccc(C2=NN(CCC(=O)NCc3ccc(OC)cc3)C(=O)CC2)cc1. The van der Waals surface area contributed by atoms with Crippen LogP contribution in [0.3, 0.4) is 0 Å². The van der Waals surface area contributed by atoms with Gasteiger partial charge >= 0.3 is 0 Å². The van der Waals surface area contributed by atoms with Gasteiger partial charge in [-0.15, -0.1) is 0 Å². The van der Waals surface area contributed by atoms with E-state index in [1.807, 2.05) is 36.4 Å². The number of carbonyl (C=O) groups is 2. The van der Waals surface area contributed by atoms with Crippen LogP contribution in [0.1, 0.15) is 42.9 Å². The Morgan fingerprint density at radius 3 is 2.41 bits per heavy atom. The number of ether oxygens (including phenoxy) is 1.